The molecule has 6 heteroatoms. The van der Waals surface area contributed by atoms with E-state index in [1.165, 1.54) is 0 Å². The van der Waals surface area contributed by atoms with Gasteiger partial charge in [-0.05, 0) is 43.5 Å². The quantitative estimate of drug-likeness (QED) is 0.659. The van der Waals surface area contributed by atoms with Gasteiger partial charge in [0.25, 0.3) is 0 Å². The standard InChI is InChI=1S/C21H28N2O3S/c1-14(2)17-13-27-20(22-17)12-23-9-5-6-16(11-23)21(24)15-7-8-18(25-3)19(10-15)26-4/h7-8,10,13-14,16H,5-6,9,11-12H2,1-4H3. The Labute approximate surface area is 165 Å². The maximum atomic E-state index is 13.0. The van der Waals surface area contributed by atoms with Gasteiger partial charge in [0.05, 0.1) is 26.5 Å². The number of thiazole rings is 1. The molecule has 1 saturated heterocycles. The van der Waals surface area contributed by atoms with Gasteiger partial charge in [-0.1, -0.05) is 13.8 Å². The Morgan fingerprint density at radius 1 is 1.30 bits per heavy atom. The lowest BCUT2D eigenvalue weighted by Crippen LogP contribution is -2.38. The van der Waals surface area contributed by atoms with E-state index in [2.05, 4.69) is 24.1 Å². The fourth-order valence-corrected chi connectivity index (χ4v) is 4.49. The summed E-state index contributed by atoms with van der Waals surface area (Å²) in [4.78, 5) is 20.1. The van der Waals surface area contributed by atoms with Crippen LogP contribution in [0.1, 0.15) is 53.7 Å². The van der Waals surface area contributed by atoms with E-state index >= 15 is 0 Å². The highest BCUT2D eigenvalue weighted by atomic mass is 32.1. The van der Waals surface area contributed by atoms with Crippen molar-refractivity contribution in [3.8, 4) is 11.5 Å². The number of benzene rings is 1. The summed E-state index contributed by atoms with van der Waals surface area (Å²) in [6, 6.07) is 5.42. The molecule has 1 aliphatic rings. The lowest BCUT2D eigenvalue weighted by atomic mass is 9.90. The van der Waals surface area contributed by atoms with Crippen LogP contribution in [0.3, 0.4) is 0 Å². The monoisotopic (exact) mass is 388 g/mol. The largest absolute Gasteiger partial charge is 0.493 e. The molecule has 1 unspecified atom stereocenters. The molecule has 5 nitrogen and oxygen atoms in total. The molecule has 2 aromatic rings. The molecular weight excluding hydrogens is 360 g/mol. The predicted molar refractivity (Wildman–Crippen MR) is 108 cm³/mol. The van der Waals surface area contributed by atoms with Crippen molar-refractivity contribution in [1.82, 2.24) is 9.88 Å². The molecule has 0 amide bonds. The van der Waals surface area contributed by atoms with Crippen LogP contribution in [0.15, 0.2) is 23.6 Å². The summed E-state index contributed by atoms with van der Waals surface area (Å²) in [6.07, 6.45) is 1.96. The molecule has 0 aliphatic carbocycles. The molecule has 0 bridgehead atoms. The fourth-order valence-electron chi connectivity index (χ4n) is 3.49. The number of piperidine rings is 1. The minimum absolute atomic E-state index is 0.0152. The van der Waals surface area contributed by atoms with Crippen LogP contribution >= 0.6 is 11.3 Å². The van der Waals surface area contributed by atoms with E-state index in [-0.39, 0.29) is 11.7 Å². The normalized spacial score (nSPS) is 17.9. The predicted octanol–water partition coefficient (Wildman–Crippen LogP) is 4.38. The molecule has 3 rings (SSSR count). The first-order chi connectivity index (χ1) is 13.0. The van der Waals surface area contributed by atoms with Gasteiger partial charge in [-0.15, -0.1) is 11.3 Å². The number of ether oxygens (including phenoxy) is 2. The minimum atomic E-state index is 0.0152. The number of likely N-dealkylation sites (tertiary alicyclic amines) is 1. The minimum Gasteiger partial charge on any atom is -0.493 e. The van der Waals surface area contributed by atoms with Crippen molar-refractivity contribution < 1.29 is 14.3 Å². The number of carbonyl (C=O) groups excluding carboxylic acids is 1. The first-order valence-electron chi connectivity index (χ1n) is 9.44. The Bertz CT molecular complexity index is 787. The van der Waals surface area contributed by atoms with Crippen LogP contribution in [-0.2, 0) is 6.54 Å². The number of rotatable bonds is 7. The summed E-state index contributed by atoms with van der Waals surface area (Å²) < 4.78 is 10.6. The highest BCUT2D eigenvalue weighted by molar-refractivity contribution is 7.09. The van der Waals surface area contributed by atoms with Gasteiger partial charge in [0.2, 0.25) is 0 Å². The molecule has 146 valence electrons. The Kier molecular flexibility index (Phi) is 6.50. The van der Waals surface area contributed by atoms with Crippen LogP contribution < -0.4 is 9.47 Å². The van der Waals surface area contributed by atoms with Gasteiger partial charge in [0.15, 0.2) is 17.3 Å². The maximum absolute atomic E-state index is 13.0. The van der Waals surface area contributed by atoms with Crippen molar-refractivity contribution >= 4 is 17.1 Å². The van der Waals surface area contributed by atoms with Gasteiger partial charge >= 0.3 is 0 Å². The summed E-state index contributed by atoms with van der Waals surface area (Å²) in [5.74, 6) is 1.89. The van der Waals surface area contributed by atoms with E-state index in [1.54, 1.807) is 37.7 Å². The molecule has 2 heterocycles. The third-order valence-electron chi connectivity index (χ3n) is 5.06. The van der Waals surface area contributed by atoms with Crippen molar-refractivity contribution in [3.05, 3.63) is 39.8 Å². The molecule has 27 heavy (non-hydrogen) atoms. The van der Waals surface area contributed by atoms with Crippen LogP contribution in [0.5, 0.6) is 11.5 Å². The van der Waals surface area contributed by atoms with Gasteiger partial charge in [-0.3, -0.25) is 9.69 Å². The van der Waals surface area contributed by atoms with Gasteiger partial charge < -0.3 is 9.47 Å². The molecular formula is C21H28N2O3S. The van der Waals surface area contributed by atoms with E-state index < -0.39 is 0 Å². The number of aromatic nitrogens is 1. The summed E-state index contributed by atoms with van der Waals surface area (Å²) in [5.41, 5.74) is 1.85. The zero-order valence-corrected chi connectivity index (χ0v) is 17.3. The number of ketones is 1. The number of hydrogen-bond acceptors (Lipinski definition) is 6. The van der Waals surface area contributed by atoms with Crippen LogP contribution in [0.4, 0.5) is 0 Å². The van der Waals surface area contributed by atoms with Crippen LogP contribution in [0.2, 0.25) is 0 Å². The highest BCUT2D eigenvalue weighted by Gasteiger charge is 2.27. The Morgan fingerprint density at radius 3 is 2.74 bits per heavy atom. The van der Waals surface area contributed by atoms with Crippen molar-refractivity contribution in [1.29, 1.82) is 0 Å². The first kappa shape index (κ1) is 19.8. The van der Waals surface area contributed by atoms with E-state index in [0.29, 0.717) is 23.0 Å². The van der Waals surface area contributed by atoms with E-state index in [0.717, 1.165) is 43.2 Å². The molecule has 1 aliphatic heterocycles. The molecule has 0 saturated carbocycles. The average Bonchev–Trinajstić information content (AvgIpc) is 3.16. The second kappa shape index (κ2) is 8.85. The van der Waals surface area contributed by atoms with Crippen molar-refractivity contribution in [2.75, 3.05) is 27.3 Å². The molecule has 0 N–H and O–H groups in total. The molecule has 0 radical (unpaired) electrons. The fraction of sp³-hybridized carbons (Fsp3) is 0.524. The molecule has 1 aromatic carbocycles. The Morgan fingerprint density at radius 2 is 2.07 bits per heavy atom. The summed E-state index contributed by atoms with van der Waals surface area (Å²) >= 11 is 1.72. The van der Waals surface area contributed by atoms with Crippen LogP contribution in [0.25, 0.3) is 0 Å². The van der Waals surface area contributed by atoms with Crippen LogP contribution in [-0.4, -0.2) is 43.0 Å². The van der Waals surface area contributed by atoms with Gasteiger partial charge in [-0.2, -0.15) is 0 Å². The molecule has 0 spiro atoms. The number of hydrogen-bond donors (Lipinski definition) is 0. The highest BCUT2D eigenvalue weighted by Crippen LogP contribution is 2.30. The zero-order valence-electron chi connectivity index (χ0n) is 16.5. The Hall–Kier alpha value is -1.92. The van der Waals surface area contributed by atoms with E-state index in [9.17, 15) is 4.79 Å². The summed E-state index contributed by atoms with van der Waals surface area (Å²) in [7, 11) is 3.19. The lowest BCUT2D eigenvalue weighted by Gasteiger charge is -2.31. The lowest BCUT2D eigenvalue weighted by molar-refractivity contribution is 0.0811. The zero-order chi connectivity index (χ0) is 19.4. The maximum Gasteiger partial charge on any atom is 0.167 e. The van der Waals surface area contributed by atoms with Crippen LogP contribution in [0, 0.1) is 5.92 Å². The number of carbonyl (C=O) groups is 1. The third kappa shape index (κ3) is 4.68. The summed E-state index contributed by atoms with van der Waals surface area (Å²) in [6.45, 7) is 6.96. The molecule has 1 atom stereocenters. The second-order valence-electron chi connectivity index (χ2n) is 7.33. The number of nitrogens with zero attached hydrogens (tertiary/aromatic N) is 2. The number of methoxy groups -OCH3 is 2. The first-order valence-corrected chi connectivity index (χ1v) is 10.3. The van der Waals surface area contributed by atoms with E-state index in [1.807, 2.05) is 6.07 Å². The van der Waals surface area contributed by atoms with Crippen molar-refractivity contribution in [2.45, 2.75) is 39.2 Å². The van der Waals surface area contributed by atoms with E-state index in [4.69, 9.17) is 14.5 Å². The number of Topliss-reactive ketones (excluding diaryl/α,β-unsaturated/α-hetero) is 1. The SMILES string of the molecule is COc1ccc(C(=O)C2CCCN(Cc3nc(C(C)C)cs3)C2)cc1OC. The second-order valence-corrected chi connectivity index (χ2v) is 8.27. The topological polar surface area (TPSA) is 51.7 Å². The average molecular weight is 389 g/mol. The van der Waals surface area contributed by atoms with Gasteiger partial charge in [0.1, 0.15) is 5.01 Å². The summed E-state index contributed by atoms with van der Waals surface area (Å²) in [5, 5.41) is 3.29. The van der Waals surface area contributed by atoms with Crippen molar-refractivity contribution in [3.63, 3.8) is 0 Å². The van der Waals surface area contributed by atoms with Gasteiger partial charge in [-0.25, -0.2) is 4.98 Å². The molecule has 1 fully saturated rings. The smallest absolute Gasteiger partial charge is 0.167 e. The molecule has 1 aromatic heterocycles. The van der Waals surface area contributed by atoms with Crippen molar-refractivity contribution in [2.24, 2.45) is 5.92 Å². The third-order valence-corrected chi connectivity index (χ3v) is 5.92. The van der Waals surface area contributed by atoms with Gasteiger partial charge in [0, 0.05) is 23.4 Å². The Balaban J connectivity index is 1.67.